The lowest BCUT2D eigenvalue weighted by Crippen LogP contribution is -2.38. The van der Waals surface area contributed by atoms with Crippen LogP contribution in [0.2, 0.25) is 0 Å². The van der Waals surface area contributed by atoms with Crippen LogP contribution < -0.4 is 0 Å². The Hall–Kier alpha value is -3.48. The number of fused-ring (bicyclic) bond motifs is 1. The molecule has 1 saturated heterocycles. The van der Waals surface area contributed by atoms with Gasteiger partial charge in [-0.15, -0.1) is 0 Å². The van der Waals surface area contributed by atoms with Crippen molar-refractivity contribution in [3.63, 3.8) is 0 Å². The highest BCUT2D eigenvalue weighted by Gasteiger charge is 2.36. The average molecular weight is 420 g/mol. The highest BCUT2D eigenvalue weighted by molar-refractivity contribution is 6.22. The van der Waals surface area contributed by atoms with Crippen LogP contribution in [0.3, 0.4) is 0 Å². The fraction of sp³-hybridized carbons (Fsp3) is 0.333. The lowest BCUT2D eigenvalue weighted by molar-refractivity contribution is -0.138. The van der Waals surface area contributed by atoms with E-state index in [0.717, 1.165) is 18.4 Å². The molecule has 0 bridgehead atoms. The topological polar surface area (TPSA) is 84.0 Å². The Kier molecular flexibility index (Phi) is 5.84. The maximum Gasteiger partial charge on any atom is 0.338 e. The summed E-state index contributed by atoms with van der Waals surface area (Å²) in [5.41, 5.74) is 1.63. The number of hydrogen-bond acceptors (Lipinski definition) is 5. The molecule has 4 rings (SSSR count). The largest absolute Gasteiger partial charge is 0.449 e. The van der Waals surface area contributed by atoms with Crippen LogP contribution in [0.4, 0.5) is 0 Å². The number of ether oxygens (including phenoxy) is 1. The molecule has 2 aromatic carbocycles. The second-order valence-corrected chi connectivity index (χ2v) is 7.84. The molecular weight excluding hydrogens is 396 g/mol. The minimum absolute atomic E-state index is 0.144. The number of nitrogens with zero attached hydrogens (tertiary/aromatic N) is 2. The monoisotopic (exact) mass is 420 g/mol. The Bertz CT molecular complexity index is 1030. The third-order valence-corrected chi connectivity index (χ3v) is 5.72. The lowest BCUT2D eigenvalue weighted by atomic mass is 10.1. The predicted molar refractivity (Wildman–Crippen MR) is 113 cm³/mol. The lowest BCUT2D eigenvalue weighted by Gasteiger charge is -2.20. The number of carbonyl (C=O) groups excluding carboxylic acids is 4. The molecule has 1 atom stereocenters. The molecule has 31 heavy (non-hydrogen) atoms. The van der Waals surface area contributed by atoms with Gasteiger partial charge in [0.15, 0.2) is 6.10 Å². The highest BCUT2D eigenvalue weighted by atomic mass is 16.5. The van der Waals surface area contributed by atoms with Gasteiger partial charge < -0.3 is 9.64 Å². The first-order valence-corrected chi connectivity index (χ1v) is 10.5. The van der Waals surface area contributed by atoms with Crippen molar-refractivity contribution in [2.24, 2.45) is 0 Å². The minimum atomic E-state index is -0.904. The van der Waals surface area contributed by atoms with Crippen molar-refractivity contribution < 1.29 is 23.9 Å². The van der Waals surface area contributed by atoms with Gasteiger partial charge in [-0.25, -0.2) is 4.79 Å². The van der Waals surface area contributed by atoms with Gasteiger partial charge in [-0.1, -0.05) is 30.3 Å². The van der Waals surface area contributed by atoms with E-state index in [1.807, 2.05) is 30.3 Å². The molecule has 0 saturated carbocycles. The van der Waals surface area contributed by atoms with Crippen LogP contribution in [0, 0.1) is 0 Å². The summed E-state index contributed by atoms with van der Waals surface area (Å²) in [5, 5.41) is 0. The molecule has 0 aliphatic carbocycles. The second kappa shape index (κ2) is 8.71. The number of carbonyl (C=O) groups is 4. The summed E-state index contributed by atoms with van der Waals surface area (Å²) in [5.74, 6) is -1.70. The zero-order valence-electron chi connectivity index (χ0n) is 17.4. The van der Waals surface area contributed by atoms with Crippen molar-refractivity contribution in [3.05, 3.63) is 70.8 Å². The third-order valence-electron chi connectivity index (χ3n) is 5.72. The number of benzene rings is 2. The van der Waals surface area contributed by atoms with Crippen LogP contribution in [0.25, 0.3) is 0 Å². The van der Waals surface area contributed by atoms with Gasteiger partial charge in [0, 0.05) is 19.6 Å². The quantitative estimate of drug-likeness (QED) is 0.530. The van der Waals surface area contributed by atoms with Crippen LogP contribution in [0.5, 0.6) is 0 Å². The maximum atomic E-state index is 12.8. The van der Waals surface area contributed by atoms with Crippen molar-refractivity contribution in [2.75, 3.05) is 19.6 Å². The average Bonchev–Trinajstić information content (AvgIpc) is 3.40. The maximum absolute atomic E-state index is 12.8. The molecule has 2 aromatic rings. The molecule has 0 N–H and O–H groups in total. The van der Waals surface area contributed by atoms with Crippen molar-refractivity contribution >= 4 is 23.7 Å². The Morgan fingerprint density at radius 3 is 2.35 bits per heavy atom. The minimum Gasteiger partial charge on any atom is -0.449 e. The van der Waals surface area contributed by atoms with E-state index in [1.165, 1.54) is 23.1 Å². The number of esters is 1. The summed E-state index contributed by atoms with van der Waals surface area (Å²) in [6.07, 6.45) is 1.55. The third kappa shape index (κ3) is 4.21. The Balaban J connectivity index is 1.43. The van der Waals surface area contributed by atoms with Crippen LogP contribution >= 0.6 is 0 Å². The summed E-state index contributed by atoms with van der Waals surface area (Å²) in [6.45, 7) is 3.16. The Morgan fingerprint density at radius 1 is 0.968 bits per heavy atom. The number of rotatable bonds is 6. The van der Waals surface area contributed by atoms with Gasteiger partial charge in [-0.3, -0.25) is 19.3 Å². The molecule has 2 aliphatic heterocycles. The van der Waals surface area contributed by atoms with E-state index in [0.29, 0.717) is 19.5 Å². The second-order valence-electron chi connectivity index (χ2n) is 7.84. The standard InChI is InChI=1S/C24H24N2O5/c1-16(21(27)25-12-5-6-13-25)31-24(30)18-9-10-19-20(15-18)23(29)26(22(19)28)14-11-17-7-3-2-4-8-17/h2-4,7-10,15-16H,5-6,11-14H2,1H3. The summed E-state index contributed by atoms with van der Waals surface area (Å²) in [7, 11) is 0. The van der Waals surface area contributed by atoms with Gasteiger partial charge in [0.25, 0.3) is 17.7 Å². The van der Waals surface area contributed by atoms with Crippen LogP contribution in [-0.2, 0) is 16.0 Å². The zero-order valence-corrected chi connectivity index (χ0v) is 17.4. The molecule has 2 aliphatic rings. The summed E-state index contributed by atoms with van der Waals surface area (Å²) in [4.78, 5) is 53.3. The summed E-state index contributed by atoms with van der Waals surface area (Å²) < 4.78 is 5.32. The van der Waals surface area contributed by atoms with Gasteiger partial charge in [-0.2, -0.15) is 0 Å². The fourth-order valence-corrected chi connectivity index (χ4v) is 3.98. The van der Waals surface area contributed by atoms with Gasteiger partial charge in [-0.05, 0) is 49.9 Å². The van der Waals surface area contributed by atoms with Crippen molar-refractivity contribution in [2.45, 2.75) is 32.3 Å². The number of likely N-dealkylation sites (tertiary alicyclic amines) is 1. The van der Waals surface area contributed by atoms with E-state index in [-0.39, 0.29) is 35.0 Å². The van der Waals surface area contributed by atoms with E-state index in [9.17, 15) is 19.2 Å². The van der Waals surface area contributed by atoms with E-state index in [2.05, 4.69) is 0 Å². The first-order chi connectivity index (χ1) is 15.0. The van der Waals surface area contributed by atoms with E-state index >= 15 is 0 Å². The highest BCUT2D eigenvalue weighted by Crippen LogP contribution is 2.25. The van der Waals surface area contributed by atoms with Crippen LogP contribution in [-0.4, -0.2) is 59.2 Å². The molecule has 0 spiro atoms. The fourth-order valence-electron chi connectivity index (χ4n) is 3.98. The Morgan fingerprint density at radius 2 is 1.65 bits per heavy atom. The first kappa shape index (κ1) is 20.8. The molecule has 2 heterocycles. The van der Waals surface area contributed by atoms with Crippen molar-refractivity contribution in [3.8, 4) is 0 Å². The molecule has 7 nitrogen and oxygen atoms in total. The SMILES string of the molecule is CC(OC(=O)c1ccc2c(c1)C(=O)N(CCc1ccccc1)C2=O)C(=O)N1CCCC1. The van der Waals surface area contributed by atoms with Gasteiger partial charge in [0.2, 0.25) is 0 Å². The number of amides is 3. The molecule has 1 fully saturated rings. The number of imide groups is 1. The molecule has 7 heteroatoms. The van der Waals surface area contributed by atoms with Gasteiger partial charge in [0.1, 0.15) is 0 Å². The molecule has 1 unspecified atom stereocenters. The molecule has 160 valence electrons. The van der Waals surface area contributed by atoms with E-state index in [1.54, 1.807) is 11.8 Å². The van der Waals surface area contributed by atoms with Crippen molar-refractivity contribution in [1.29, 1.82) is 0 Å². The molecule has 0 aromatic heterocycles. The van der Waals surface area contributed by atoms with E-state index < -0.39 is 18.0 Å². The van der Waals surface area contributed by atoms with Crippen molar-refractivity contribution in [1.82, 2.24) is 9.80 Å². The first-order valence-electron chi connectivity index (χ1n) is 10.5. The molecule has 0 radical (unpaired) electrons. The van der Waals surface area contributed by atoms with E-state index in [4.69, 9.17) is 4.74 Å². The normalized spacial score (nSPS) is 16.4. The van der Waals surface area contributed by atoms with Crippen LogP contribution in [0.1, 0.15) is 56.4 Å². The predicted octanol–water partition coefficient (Wildman–Crippen LogP) is 2.69. The van der Waals surface area contributed by atoms with Gasteiger partial charge in [0.05, 0.1) is 16.7 Å². The van der Waals surface area contributed by atoms with Crippen LogP contribution in [0.15, 0.2) is 48.5 Å². The summed E-state index contributed by atoms with van der Waals surface area (Å²) >= 11 is 0. The smallest absolute Gasteiger partial charge is 0.338 e. The molecular formula is C24H24N2O5. The van der Waals surface area contributed by atoms with Gasteiger partial charge >= 0.3 is 5.97 Å². The zero-order chi connectivity index (χ0) is 22.0. The summed E-state index contributed by atoms with van der Waals surface area (Å²) in [6, 6.07) is 13.9. The number of hydrogen-bond donors (Lipinski definition) is 0. The molecule has 3 amide bonds. The Labute approximate surface area is 180 Å².